The van der Waals surface area contributed by atoms with Gasteiger partial charge in [0, 0.05) is 10.7 Å². The molecular formula is C15H12ClNO3. The van der Waals surface area contributed by atoms with Crippen molar-refractivity contribution < 1.29 is 14.3 Å². The van der Waals surface area contributed by atoms with Gasteiger partial charge in [-0.1, -0.05) is 29.8 Å². The van der Waals surface area contributed by atoms with E-state index in [0.717, 1.165) is 0 Å². The molecule has 0 heterocycles. The van der Waals surface area contributed by atoms with E-state index in [4.69, 9.17) is 16.3 Å². The summed E-state index contributed by atoms with van der Waals surface area (Å²) in [7, 11) is 0. The lowest BCUT2D eigenvalue weighted by Gasteiger charge is -2.09. The second-order valence-corrected chi connectivity index (χ2v) is 4.44. The molecule has 0 saturated heterocycles. The molecular weight excluding hydrogens is 278 g/mol. The van der Waals surface area contributed by atoms with E-state index in [2.05, 4.69) is 5.32 Å². The molecule has 1 amide bonds. The van der Waals surface area contributed by atoms with Gasteiger partial charge < -0.3 is 10.1 Å². The number of rotatable bonds is 5. The van der Waals surface area contributed by atoms with E-state index >= 15 is 0 Å². The zero-order valence-electron chi connectivity index (χ0n) is 10.5. The van der Waals surface area contributed by atoms with E-state index in [0.29, 0.717) is 28.3 Å². The van der Waals surface area contributed by atoms with Crippen molar-refractivity contribution in [2.75, 3.05) is 11.9 Å². The van der Waals surface area contributed by atoms with Crippen LogP contribution in [0, 0.1) is 0 Å². The Bertz CT molecular complexity index is 614. The SMILES string of the molecule is O=Cc1cc(Cl)ccc1OCC(=O)Nc1ccccc1. The molecule has 102 valence electrons. The lowest BCUT2D eigenvalue weighted by molar-refractivity contribution is -0.118. The average Bonchev–Trinajstić information content (AvgIpc) is 2.47. The summed E-state index contributed by atoms with van der Waals surface area (Å²) in [6.07, 6.45) is 0.635. The van der Waals surface area contributed by atoms with Crippen LogP contribution in [0.4, 0.5) is 5.69 Å². The number of halogens is 1. The van der Waals surface area contributed by atoms with Crippen LogP contribution >= 0.6 is 11.6 Å². The summed E-state index contributed by atoms with van der Waals surface area (Å²) in [6, 6.07) is 13.7. The molecule has 0 bridgehead atoms. The monoisotopic (exact) mass is 289 g/mol. The van der Waals surface area contributed by atoms with Gasteiger partial charge in [-0.3, -0.25) is 9.59 Å². The smallest absolute Gasteiger partial charge is 0.262 e. The first kappa shape index (κ1) is 14.1. The highest BCUT2D eigenvalue weighted by Gasteiger charge is 2.07. The molecule has 2 aromatic carbocycles. The topological polar surface area (TPSA) is 55.4 Å². The summed E-state index contributed by atoms with van der Waals surface area (Å²) in [5.74, 6) is 0.0237. The number of benzene rings is 2. The Labute approximate surface area is 121 Å². The lowest BCUT2D eigenvalue weighted by Crippen LogP contribution is -2.20. The summed E-state index contributed by atoms with van der Waals surface area (Å²) >= 11 is 5.77. The van der Waals surface area contributed by atoms with Crippen molar-refractivity contribution in [3.63, 3.8) is 0 Å². The molecule has 0 aliphatic heterocycles. The predicted molar refractivity (Wildman–Crippen MR) is 77.4 cm³/mol. The molecule has 2 aromatic rings. The first-order valence-corrected chi connectivity index (χ1v) is 6.29. The lowest BCUT2D eigenvalue weighted by atomic mass is 10.2. The van der Waals surface area contributed by atoms with Crippen molar-refractivity contribution in [2.45, 2.75) is 0 Å². The van der Waals surface area contributed by atoms with Crippen molar-refractivity contribution in [2.24, 2.45) is 0 Å². The number of aldehydes is 1. The van der Waals surface area contributed by atoms with Crippen LogP contribution in [0.1, 0.15) is 10.4 Å². The molecule has 0 radical (unpaired) electrons. The number of para-hydroxylation sites is 1. The Hall–Kier alpha value is -2.33. The largest absolute Gasteiger partial charge is 0.483 e. The van der Waals surface area contributed by atoms with Gasteiger partial charge in [0.1, 0.15) is 5.75 Å². The van der Waals surface area contributed by atoms with Crippen molar-refractivity contribution in [1.29, 1.82) is 0 Å². The number of nitrogens with one attached hydrogen (secondary N) is 1. The fraction of sp³-hybridized carbons (Fsp3) is 0.0667. The summed E-state index contributed by atoms with van der Waals surface area (Å²) in [4.78, 5) is 22.6. The van der Waals surface area contributed by atoms with E-state index in [1.807, 2.05) is 18.2 Å². The Balaban J connectivity index is 1.95. The molecule has 20 heavy (non-hydrogen) atoms. The summed E-state index contributed by atoms with van der Waals surface area (Å²) in [6.45, 7) is -0.183. The maximum Gasteiger partial charge on any atom is 0.262 e. The number of carbonyl (C=O) groups excluding carboxylic acids is 2. The molecule has 0 aromatic heterocycles. The minimum absolute atomic E-state index is 0.183. The van der Waals surface area contributed by atoms with Crippen molar-refractivity contribution in [3.8, 4) is 5.75 Å². The molecule has 0 atom stereocenters. The van der Waals surface area contributed by atoms with Crippen LogP contribution in [0.25, 0.3) is 0 Å². The fourth-order valence-corrected chi connectivity index (χ4v) is 1.79. The average molecular weight is 290 g/mol. The minimum Gasteiger partial charge on any atom is -0.483 e. The number of amides is 1. The molecule has 1 N–H and O–H groups in total. The molecule has 0 aliphatic rings. The molecule has 0 saturated carbocycles. The van der Waals surface area contributed by atoms with Gasteiger partial charge in [-0.25, -0.2) is 0 Å². The maximum absolute atomic E-state index is 11.7. The van der Waals surface area contributed by atoms with Crippen LogP contribution in [-0.2, 0) is 4.79 Å². The van der Waals surface area contributed by atoms with Gasteiger partial charge in [0.25, 0.3) is 5.91 Å². The molecule has 0 aliphatic carbocycles. The minimum atomic E-state index is -0.303. The quantitative estimate of drug-likeness (QED) is 0.860. The summed E-state index contributed by atoms with van der Waals surface area (Å²) in [5.41, 5.74) is 0.998. The van der Waals surface area contributed by atoms with Crippen molar-refractivity contribution in [3.05, 3.63) is 59.1 Å². The first-order valence-electron chi connectivity index (χ1n) is 5.91. The summed E-state index contributed by atoms with van der Waals surface area (Å²) < 4.78 is 5.32. The van der Waals surface area contributed by atoms with Crippen molar-refractivity contribution in [1.82, 2.24) is 0 Å². The van der Waals surface area contributed by atoms with Crippen LogP contribution in [0.5, 0.6) is 5.75 Å². The summed E-state index contributed by atoms with van der Waals surface area (Å²) in [5, 5.41) is 3.12. The maximum atomic E-state index is 11.7. The second-order valence-electron chi connectivity index (χ2n) is 4.00. The normalized spacial score (nSPS) is 9.85. The third-order valence-electron chi connectivity index (χ3n) is 2.52. The van der Waals surface area contributed by atoms with Crippen LogP contribution < -0.4 is 10.1 Å². The molecule has 4 nitrogen and oxygen atoms in total. The molecule has 0 spiro atoms. The van der Waals surface area contributed by atoms with Gasteiger partial charge in [-0.2, -0.15) is 0 Å². The van der Waals surface area contributed by atoms with Crippen LogP contribution in [0.2, 0.25) is 5.02 Å². The van der Waals surface area contributed by atoms with Gasteiger partial charge >= 0.3 is 0 Å². The molecule has 0 fully saturated rings. The first-order chi connectivity index (χ1) is 9.69. The van der Waals surface area contributed by atoms with E-state index in [1.165, 1.54) is 6.07 Å². The molecule has 5 heteroatoms. The zero-order chi connectivity index (χ0) is 14.4. The fourth-order valence-electron chi connectivity index (χ4n) is 1.60. The standard InChI is InChI=1S/C15H12ClNO3/c16-12-6-7-14(11(8-12)9-18)20-10-15(19)17-13-4-2-1-3-5-13/h1-9H,10H2,(H,17,19). The molecule has 0 unspecified atom stereocenters. The third kappa shape index (κ3) is 3.83. The number of hydrogen-bond donors (Lipinski definition) is 1. The van der Waals surface area contributed by atoms with Crippen LogP contribution in [0.15, 0.2) is 48.5 Å². The highest BCUT2D eigenvalue weighted by Crippen LogP contribution is 2.21. The van der Waals surface area contributed by atoms with Crippen LogP contribution in [0.3, 0.4) is 0 Å². The highest BCUT2D eigenvalue weighted by molar-refractivity contribution is 6.30. The number of carbonyl (C=O) groups is 2. The number of anilines is 1. The van der Waals surface area contributed by atoms with Gasteiger partial charge in [0.2, 0.25) is 0 Å². The van der Waals surface area contributed by atoms with E-state index in [-0.39, 0.29) is 12.5 Å². The van der Waals surface area contributed by atoms with E-state index in [1.54, 1.807) is 24.3 Å². The van der Waals surface area contributed by atoms with Crippen molar-refractivity contribution >= 4 is 29.5 Å². The van der Waals surface area contributed by atoms with E-state index in [9.17, 15) is 9.59 Å². The van der Waals surface area contributed by atoms with Gasteiger partial charge in [-0.05, 0) is 30.3 Å². The Morgan fingerprint density at radius 2 is 1.95 bits per heavy atom. The van der Waals surface area contributed by atoms with Gasteiger partial charge in [0.05, 0.1) is 5.56 Å². The number of hydrogen-bond acceptors (Lipinski definition) is 3. The number of ether oxygens (including phenoxy) is 1. The Morgan fingerprint density at radius 3 is 2.65 bits per heavy atom. The van der Waals surface area contributed by atoms with Crippen LogP contribution in [-0.4, -0.2) is 18.8 Å². The molecule has 2 rings (SSSR count). The Kier molecular flexibility index (Phi) is 4.74. The van der Waals surface area contributed by atoms with Gasteiger partial charge in [0.15, 0.2) is 12.9 Å². The Morgan fingerprint density at radius 1 is 1.20 bits per heavy atom. The predicted octanol–water partition coefficient (Wildman–Crippen LogP) is 3.17. The van der Waals surface area contributed by atoms with E-state index < -0.39 is 0 Å². The zero-order valence-corrected chi connectivity index (χ0v) is 11.3. The third-order valence-corrected chi connectivity index (χ3v) is 2.75. The van der Waals surface area contributed by atoms with Gasteiger partial charge in [-0.15, -0.1) is 0 Å². The second kappa shape index (κ2) is 6.73. The highest BCUT2D eigenvalue weighted by atomic mass is 35.5.